The summed E-state index contributed by atoms with van der Waals surface area (Å²) in [5, 5.41) is 3.17. The lowest BCUT2D eigenvalue weighted by Gasteiger charge is -2.28. The molecule has 0 bridgehead atoms. The van der Waals surface area contributed by atoms with Crippen molar-refractivity contribution in [1.29, 1.82) is 0 Å². The van der Waals surface area contributed by atoms with Crippen LogP contribution in [0.4, 0.5) is 17.6 Å². The van der Waals surface area contributed by atoms with Gasteiger partial charge in [-0.3, -0.25) is 9.20 Å². The van der Waals surface area contributed by atoms with Crippen molar-refractivity contribution in [2.75, 3.05) is 26.2 Å². The molecular formula is C30H32F4N4OS. The highest BCUT2D eigenvalue weighted by atomic mass is 32.1. The second-order valence-corrected chi connectivity index (χ2v) is 11.9. The highest BCUT2D eigenvalue weighted by Crippen LogP contribution is 2.40. The lowest BCUT2D eigenvalue weighted by molar-refractivity contribution is -0.138. The van der Waals surface area contributed by atoms with E-state index in [9.17, 15) is 22.4 Å². The van der Waals surface area contributed by atoms with E-state index < -0.39 is 17.9 Å². The maximum Gasteiger partial charge on any atom is 0.416 e. The van der Waals surface area contributed by atoms with E-state index in [1.54, 1.807) is 18.3 Å². The lowest BCUT2D eigenvalue weighted by atomic mass is 9.95. The average molecular weight is 573 g/mol. The van der Waals surface area contributed by atoms with Crippen molar-refractivity contribution in [3.05, 3.63) is 59.3 Å². The molecule has 4 heterocycles. The predicted molar refractivity (Wildman–Crippen MR) is 150 cm³/mol. The van der Waals surface area contributed by atoms with E-state index >= 15 is 0 Å². The molecule has 2 aliphatic heterocycles. The summed E-state index contributed by atoms with van der Waals surface area (Å²) in [5.74, 6) is 0.0904. The predicted octanol–water partition coefficient (Wildman–Crippen LogP) is 7.45. The van der Waals surface area contributed by atoms with Crippen LogP contribution in [0.1, 0.15) is 72.5 Å². The SMILES string of the molecule is O=C(CCCCN1CCC(F)CC1)c1ccc2c(c1)sc1nc(-c3ccc([C@@H]4CCCN4)c(C(F)(F)F)c3)cn12. The molecule has 0 unspecified atom stereocenters. The number of imidazole rings is 1. The normalized spacial score (nSPS) is 19.2. The number of aromatic nitrogens is 2. The first-order valence-corrected chi connectivity index (χ1v) is 14.8. The number of carbonyl (C=O) groups excluding carboxylic acids is 1. The number of piperidine rings is 1. The van der Waals surface area contributed by atoms with Crippen LogP contribution in [0.3, 0.4) is 0 Å². The Hall–Kier alpha value is -2.82. The maximum absolute atomic E-state index is 14.0. The molecule has 0 spiro atoms. The molecule has 2 aromatic heterocycles. The molecule has 2 aliphatic rings. The van der Waals surface area contributed by atoms with Crippen LogP contribution in [0.25, 0.3) is 26.4 Å². The Morgan fingerprint density at radius 2 is 1.90 bits per heavy atom. The number of fused-ring (bicyclic) bond motifs is 3. The van der Waals surface area contributed by atoms with Gasteiger partial charge >= 0.3 is 6.18 Å². The highest BCUT2D eigenvalue weighted by molar-refractivity contribution is 7.23. The number of unbranched alkanes of at least 4 members (excludes halogenated alkanes) is 1. The van der Waals surface area contributed by atoms with Gasteiger partial charge in [0, 0.05) is 42.9 Å². The average Bonchev–Trinajstić information content (AvgIpc) is 3.68. The van der Waals surface area contributed by atoms with Crippen LogP contribution in [-0.2, 0) is 6.18 Å². The molecule has 1 N–H and O–H groups in total. The fraction of sp³-hybridized carbons (Fsp3) is 0.467. The Morgan fingerprint density at radius 1 is 1.07 bits per heavy atom. The molecular weight excluding hydrogens is 540 g/mol. The Bertz CT molecular complexity index is 1510. The monoisotopic (exact) mass is 572 g/mol. The van der Waals surface area contributed by atoms with Crippen LogP contribution < -0.4 is 5.32 Å². The molecule has 4 aromatic rings. The van der Waals surface area contributed by atoms with E-state index in [1.165, 1.54) is 17.4 Å². The maximum atomic E-state index is 14.0. The zero-order valence-corrected chi connectivity index (χ0v) is 23.0. The minimum absolute atomic E-state index is 0.0904. The van der Waals surface area contributed by atoms with Gasteiger partial charge in [-0.1, -0.05) is 23.5 Å². The fourth-order valence-electron chi connectivity index (χ4n) is 5.92. The number of Topliss-reactive ketones (excluding diaryl/α,β-unsaturated/α-hetero) is 1. The summed E-state index contributed by atoms with van der Waals surface area (Å²) in [4.78, 5) is 20.4. The number of benzene rings is 2. The molecule has 2 fully saturated rings. The van der Waals surface area contributed by atoms with Gasteiger partial charge in [-0.25, -0.2) is 9.37 Å². The zero-order chi connectivity index (χ0) is 27.9. The molecule has 212 valence electrons. The molecule has 2 saturated heterocycles. The number of ketones is 1. The third kappa shape index (κ3) is 5.66. The number of thiazole rings is 1. The van der Waals surface area contributed by atoms with Gasteiger partial charge in [0.05, 0.1) is 21.5 Å². The lowest BCUT2D eigenvalue weighted by Crippen LogP contribution is -2.35. The number of hydrogen-bond acceptors (Lipinski definition) is 5. The number of rotatable bonds is 8. The molecule has 0 amide bonds. The Balaban J connectivity index is 1.16. The van der Waals surface area contributed by atoms with Crippen molar-refractivity contribution in [3.8, 4) is 11.3 Å². The topological polar surface area (TPSA) is 49.6 Å². The van der Waals surface area contributed by atoms with Crippen molar-refractivity contribution >= 4 is 32.3 Å². The number of nitrogens with one attached hydrogen (secondary N) is 1. The van der Waals surface area contributed by atoms with Crippen LogP contribution in [0, 0.1) is 0 Å². The van der Waals surface area contributed by atoms with Gasteiger partial charge in [0.15, 0.2) is 10.7 Å². The minimum Gasteiger partial charge on any atom is -0.310 e. The van der Waals surface area contributed by atoms with Crippen molar-refractivity contribution < 1.29 is 22.4 Å². The Labute approximate surface area is 234 Å². The summed E-state index contributed by atoms with van der Waals surface area (Å²) in [5.41, 5.74) is 2.12. The van der Waals surface area contributed by atoms with Gasteiger partial charge in [0.1, 0.15) is 6.17 Å². The van der Waals surface area contributed by atoms with Gasteiger partial charge in [0.25, 0.3) is 0 Å². The number of likely N-dealkylation sites (tertiary alicyclic amines) is 1. The Kier molecular flexibility index (Phi) is 7.67. The minimum atomic E-state index is -4.45. The molecule has 0 aliphatic carbocycles. The Morgan fingerprint density at radius 3 is 2.65 bits per heavy atom. The molecule has 0 radical (unpaired) electrons. The molecule has 6 rings (SSSR count). The molecule has 10 heteroatoms. The highest BCUT2D eigenvalue weighted by Gasteiger charge is 2.36. The molecule has 5 nitrogen and oxygen atoms in total. The fourth-order valence-corrected chi connectivity index (χ4v) is 6.97. The van der Waals surface area contributed by atoms with E-state index in [4.69, 9.17) is 0 Å². The van der Waals surface area contributed by atoms with Crippen LogP contribution in [0.2, 0.25) is 0 Å². The summed E-state index contributed by atoms with van der Waals surface area (Å²) in [6.45, 7) is 3.21. The third-order valence-corrected chi connectivity index (χ3v) is 9.17. The van der Waals surface area contributed by atoms with Crippen LogP contribution in [-0.4, -0.2) is 52.4 Å². The second kappa shape index (κ2) is 11.2. The largest absolute Gasteiger partial charge is 0.416 e. The summed E-state index contributed by atoms with van der Waals surface area (Å²) in [6, 6.07) is 9.81. The van der Waals surface area contributed by atoms with Crippen LogP contribution >= 0.6 is 11.3 Å². The standard InChI is InChI=1S/C30H32F4N4OS/c31-21-10-14-37(15-11-21)13-2-1-5-27(39)20-7-9-26-28(17-20)40-29-36-25(18-38(26)29)19-6-8-22(24-4-3-12-35-24)23(16-19)30(32,33)34/h6-9,16-18,21,24,35H,1-5,10-15H2/t24-/m0/s1. The van der Waals surface area contributed by atoms with Gasteiger partial charge in [-0.2, -0.15) is 13.2 Å². The second-order valence-electron chi connectivity index (χ2n) is 10.9. The summed E-state index contributed by atoms with van der Waals surface area (Å²) in [6.07, 6.45) is 1.57. The first-order chi connectivity index (χ1) is 19.3. The van der Waals surface area contributed by atoms with E-state index in [2.05, 4.69) is 15.2 Å². The molecule has 1 atom stereocenters. The smallest absolute Gasteiger partial charge is 0.310 e. The number of carbonyl (C=O) groups is 1. The summed E-state index contributed by atoms with van der Waals surface area (Å²) < 4.78 is 58.0. The van der Waals surface area contributed by atoms with E-state index in [1.807, 2.05) is 22.6 Å². The van der Waals surface area contributed by atoms with E-state index in [-0.39, 0.29) is 11.8 Å². The number of hydrogen-bond donors (Lipinski definition) is 1. The van der Waals surface area contributed by atoms with Gasteiger partial charge in [-0.15, -0.1) is 0 Å². The van der Waals surface area contributed by atoms with Crippen LogP contribution in [0.5, 0.6) is 0 Å². The quantitative estimate of drug-likeness (QED) is 0.135. The van der Waals surface area contributed by atoms with Crippen molar-refractivity contribution in [2.24, 2.45) is 0 Å². The van der Waals surface area contributed by atoms with E-state index in [0.29, 0.717) is 53.0 Å². The summed E-state index contributed by atoms with van der Waals surface area (Å²) in [7, 11) is 0. The van der Waals surface area contributed by atoms with Gasteiger partial charge in [0.2, 0.25) is 0 Å². The van der Waals surface area contributed by atoms with Crippen LogP contribution in [0.15, 0.2) is 42.6 Å². The van der Waals surface area contributed by atoms with E-state index in [0.717, 1.165) is 55.7 Å². The van der Waals surface area contributed by atoms with Crippen molar-refractivity contribution in [3.63, 3.8) is 0 Å². The van der Waals surface area contributed by atoms with Gasteiger partial charge in [-0.05, 0) is 81.4 Å². The first kappa shape index (κ1) is 27.4. The summed E-state index contributed by atoms with van der Waals surface area (Å²) >= 11 is 1.42. The molecule has 2 aromatic carbocycles. The number of nitrogens with zero attached hydrogens (tertiary/aromatic N) is 3. The molecule has 40 heavy (non-hydrogen) atoms. The first-order valence-electron chi connectivity index (χ1n) is 14.0. The van der Waals surface area contributed by atoms with Crippen molar-refractivity contribution in [1.82, 2.24) is 19.6 Å². The zero-order valence-electron chi connectivity index (χ0n) is 22.1. The number of alkyl halides is 4. The van der Waals surface area contributed by atoms with Crippen molar-refractivity contribution in [2.45, 2.75) is 63.3 Å². The van der Waals surface area contributed by atoms with Gasteiger partial charge < -0.3 is 10.2 Å². The third-order valence-electron chi connectivity index (χ3n) is 8.15. The molecule has 0 saturated carbocycles. The number of halogens is 4.